The van der Waals surface area contributed by atoms with Crippen molar-refractivity contribution in [3.63, 3.8) is 0 Å². The molecule has 0 bridgehead atoms. The van der Waals surface area contributed by atoms with Crippen LogP contribution >= 0.6 is 0 Å². The number of nitrogen functional groups attached to an aromatic ring is 1. The van der Waals surface area contributed by atoms with E-state index in [2.05, 4.69) is 10.2 Å². The predicted octanol–water partition coefficient (Wildman–Crippen LogP) is 1.93. The summed E-state index contributed by atoms with van der Waals surface area (Å²) >= 11 is 0. The summed E-state index contributed by atoms with van der Waals surface area (Å²) in [6.07, 6.45) is 2.01. The smallest absolute Gasteiger partial charge is 0.314 e. The van der Waals surface area contributed by atoms with Crippen LogP contribution in [0.4, 0.5) is 17.1 Å². The number of anilines is 2. The van der Waals surface area contributed by atoms with Gasteiger partial charge >= 0.3 is 5.69 Å². The molecular formula is C12H20N4O2. The summed E-state index contributed by atoms with van der Waals surface area (Å²) in [6, 6.07) is 4.93. The fourth-order valence-corrected chi connectivity index (χ4v) is 1.68. The molecule has 6 heteroatoms. The highest BCUT2D eigenvalue weighted by atomic mass is 16.6. The summed E-state index contributed by atoms with van der Waals surface area (Å²) < 4.78 is 0. The van der Waals surface area contributed by atoms with Gasteiger partial charge in [0.15, 0.2) is 0 Å². The van der Waals surface area contributed by atoms with Gasteiger partial charge in [0.05, 0.1) is 4.92 Å². The Kier molecular flexibility index (Phi) is 5.38. The first-order valence-corrected chi connectivity index (χ1v) is 5.94. The maximum atomic E-state index is 10.9. The fourth-order valence-electron chi connectivity index (χ4n) is 1.68. The molecule has 0 fully saturated rings. The van der Waals surface area contributed by atoms with Gasteiger partial charge in [0.2, 0.25) is 0 Å². The van der Waals surface area contributed by atoms with Crippen LogP contribution in [-0.2, 0) is 0 Å². The Morgan fingerprint density at radius 2 is 2.11 bits per heavy atom. The number of unbranched alkanes of at least 4 members (excludes halogenated alkanes) is 1. The minimum atomic E-state index is -0.447. The number of nitrogens with two attached hydrogens (primary N) is 1. The number of nitro groups is 1. The van der Waals surface area contributed by atoms with Crippen molar-refractivity contribution in [1.82, 2.24) is 4.90 Å². The van der Waals surface area contributed by atoms with Gasteiger partial charge in [-0.05, 0) is 45.6 Å². The van der Waals surface area contributed by atoms with Crippen molar-refractivity contribution >= 4 is 17.1 Å². The van der Waals surface area contributed by atoms with Gasteiger partial charge < -0.3 is 16.0 Å². The van der Waals surface area contributed by atoms with E-state index in [1.54, 1.807) is 12.1 Å². The third kappa shape index (κ3) is 4.21. The number of rotatable bonds is 7. The normalized spacial score (nSPS) is 10.6. The Balaban J connectivity index is 2.52. The summed E-state index contributed by atoms with van der Waals surface area (Å²) in [5, 5.41) is 14.0. The molecule has 1 aromatic rings. The molecule has 18 heavy (non-hydrogen) atoms. The van der Waals surface area contributed by atoms with Crippen LogP contribution in [0.2, 0.25) is 0 Å². The van der Waals surface area contributed by atoms with Crippen LogP contribution in [-0.4, -0.2) is 37.0 Å². The average Bonchev–Trinajstić information content (AvgIpc) is 2.27. The van der Waals surface area contributed by atoms with Crippen molar-refractivity contribution in [3.8, 4) is 0 Å². The van der Waals surface area contributed by atoms with E-state index in [4.69, 9.17) is 5.73 Å². The van der Waals surface area contributed by atoms with Gasteiger partial charge in [-0.2, -0.15) is 0 Å². The topological polar surface area (TPSA) is 84.4 Å². The second kappa shape index (κ2) is 6.80. The summed E-state index contributed by atoms with van der Waals surface area (Å²) in [4.78, 5) is 12.6. The molecule has 0 aliphatic rings. The third-order valence-electron chi connectivity index (χ3n) is 2.60. The summed E-state index contributed by atoms with van der Waals surface area (Å²) in [5.41, 5.74) is 6.25. The molecule has 0 radical (unpaired) electrons. The quantitative estimate of drug-likeness (QED) is 0.335. The van der Waals surface area contributed by atoms with Gasteiger partial charge in [-0.15, -0.1) is 0 Å². The maximum Gasteiger partial charge on any atom is 0.314 e. The lowest BCUT2D eigenvalue weighted by Gasteiger charge is -2.10. The number of benzene rings is 1. The first-order valence-electron chi connectivity index (χ1n) is 5.94. The summed E-state index contributed by atoms with van der Waals surface area (Å²) in [6.45, 7) is 1.72. The van der Waals surface area contributed by atoms with Crippen LogP contribution in [0.1, 0.15) is 12.8 Å². The molecule has 0 unspecified atom stereocenters. The second-order valence-electron chi connectivity index (χ2n) is 4.44. The number of hydrogen-bond donors (Lipinski definition) is 2. The summed E-state index contributed by atoms with van der Waals surface area (Å²) in [5.74, 6) is 0. The molecule has 0 aliphatic carbocycles. The molecule has 3 N–H and O–H groups in total. The Bertz CT molecular complexity index is 407. The van der Waals surface area contributed by atoms with E-state index in [9.17, 15) is 10.1 Å². The van der Waals surface area contributed by atoms with Crippen LogP contribution in [0.15, 0.2) is 18.2 Å². The molecule has 0 saturated heterocycles. The zero-order chi connectivity index (χ0) is 13.5. The molecule has 6 nitrogen and oxygen atoms in total. The van der Waals surface area contributed by atoms with E-state index >= 15 is 0 Å². The first-order chi connectivity index (χ1) is 8.52. The zero-order valence-corrected chi connectivity index (χ0v) is 10.8. The van der Waals surface area contributed by atoms with E-state index < -0.39 is 4.92 Å². The lowest BCUT2D eigenvalue weighted by Crippen LogP contribution is -2.14. The van der Waals surface area contributed by atoms with Crippen LogP contribution in [0, 0.1) is 10.1 Å². The van der Waals surface area contributed by atoms with E-state index in [0.717, 1.165) is 19.4 Å². The number of hydrogen-bond acceptors (Lipinski definition) is 5. The zero-order valence-electron chi connectivity index (χ0n) is 10.8. The Morgan fingerprint density at radius 3 is 2.72 bits per heavy atom. The fraction of sp³-hybridized carbons (Fsp3) is 0.500. The molecule has 0 saturated carbocycles. The van der Waals surface area contributed by atoms with Crippen molar-refractivity contribution in [2.24, 2.45) is 0 Å². The molecule has 100 valence electrons. The molecule has 1 rings (SSSR count). The minimum absolute atomic E-state index is 0.0369. The molecule has 0 atom stereocenters. The highest BCUT2D eigenvalue weighted by Gasteiger charge is 2.16. The van der Waals surface area contributed by atoms with Gasteiger partial charge in [-0.25, -0.2) is 0 Å². The molecule has 0 amide bonds. The standard InChI is InChI=1S/C12H20N4O2/c1-15(2)9-4-3-8-14-11-7-5-6-10(13)12(11)16(17)18/h5-7,14H,3-4,8-9,13H2,1-2H3. The lowest BCUT2D eigenvalue weighted by atomic mass is 10.2. The molecule has 1 aromatic carbocycles. The SMILES string of the molecule is CN(C)CCCCNc1cccc(N)c1[N+](=O)[O-]. The van der Waals surface area contributed by atoms with E-state index in [0.29, 0.717) is 12.2 Å². The van der Waals surface area contributed by atoms with Gasteiger partial charge in [-0.1, -0.05) is 6.07 Å². The van der Waals surface area contributed by atoms with Gasteiger partial charge in [0.25, 0.3) is 0 Å². The van der Waals surface area contributed by atoms with Crippen LogP contribution in [0.3, 0.4) is 0 Å². The summed E-state index contributed by atoms with van der Waals surface area (Å²) in [7, 11) is 4.05. The number of para-hydroxylation sites is 1. The van der Waals surface area contributed by atoms with Crippen LogP contribution in [0.5, 0.6) is 0 Å². The van der Waals surface area contributed by atoms with Crippen molar-refractivity contribution < 1.29 is 4.92 Å². The van der Waals surface area contributed by atoms with Crippen molar-refractivity contribution in [2.75, 3.05) is 38.2 Å². The predicted molar refractivity (Wildman–Crippen MR) is 73.8 cm³/mol. The van der Waals surface area contributed by atoms with E-state index in [1.165, 1.54) is 6.07 Å². The van der Waals surface area contributed by atoms with Gasteiger partial charge in [0.1, 0.15) is 11.4 Å². The number of nitrogens with one attached hydrogen (secondary N) is 1. The molecule has 0 heterocycles. The second-order valence-corrected chi connectivity index (χ2v) is 4.44. The molecule has 0 aliphatic heterocycles. The van der Waals surface area contributed by atoms with Crippen molar-refractivity contribution in [3.05, 3.63) is 28.3 Å². The van der Waals surface area contributed by atoms with Crippen molar-refractivity contribution in [2.45, 2.75) is 12.8 Å². The molecule has 0 spiro atoms. The minimum Gasteiger partial charge on any atom is -0.393 e. The number of nitrogens with zero attached hydrogens (tertiary/aromatic N) is 2. The monoisotopic (exact) mass is 252 g/mol. The molecule has 0 aromatic heterocycles. The highest BCUT2D eigenvalue weighted by Crippen LogP contribution is 2.30. The van der Waals surface area contributed by atoms with E-state index in [-0.39, 0.29) is 11.4 Å². The third-order valence-corrected chi connectivity index (χ3v) is 2.60. The Morgan fingerprint density at radius 1 is 1.39 bits per heavy atom. The average molecular weight is 252 g/mol. The largest absolute Gasteiger partial charge is 0.393 e. The Labute approximate surface area is 107 Å². The highest BCUT2D eigenvalue weighted by molar-refractivity contribution is 5.74. The maximum absolute atomic E-state index is 10.9. The van der Waals surface area contributed by atoms with Gasteiger partial charge in [-0.3, -0.25) is 10.1 Å². The lowest BCUT2D eigenvalue weighted by molar-refractivity contribution is -0.383. The Hall–Kier alpha value is -1.82. The van der Waals surface area contributed by atoms with Crippen LogP contribution in [0.25, 0.3) is 0 Å². The van der Waals surface area contributed by atoms with Crippen molar-refractivity contribution in [1.29, 1.82) is 0 Å². The number of nitro benzene ring substituents is 1. The van der Waals surface area contributed by atoms with Gasteiger partial charge in [0, 0.05) is 6.54 Å². The molecular weight excluding hydrogens is 232 g/mol. The first kappa shape index (κ1) is 14.2. The van der Waals surface area contributed by atoms with Crippen LogP contribution < -0.4 is 11.1 Å². The van der Waals surface area contributed by atoms with E-state index in [1.807, 2.05) is 14.1 Å².